The maximum Gasteiger partial charge on any atom is 0.312 e. The lowest BCUT2D eigenvalue weighted by Crippen LogP contribution is -2.27. The Labute approximate surface area is 133 Å². The molecule has 8 heteroatoms. The van der Waals surface area contributed by atoms with Crippen LogP contribution in [0.1, 0.15) is 21.7 Å². The number of nitrogens with zero attached hydrogens (tertiary/aromatic N) is 3. The van der Waals surface area contributed by atoms with Gasteiger partial charge < -0.3 is 10.1 Å². The Bertz CT molecular complexity index is 739. The summed E-state index contributed by atoms with van der Waals surface area (Å²) in [4.78, 5) is 22.6. The zero-order valence-corrected chi connectivity index (χ0v) is 13.2. The van der Waals surface area contributed by atoms with Gasteiger partial charge in [-0.2, -0.15) is 5.10 Å². The molecule has 1 amide bonds. The van der Waals surface area contributed by atoms with E-state index in [9.17, 15) is 14.9 Å². The topological polar surface area (TPSA) is 99.3 Å². The monoisotopic (exact) mass is 318 g/mol. The maximum absolute atomic E-state index is 12.1. The molecular formula is C15H18N4O4. The average molecular weight is 318 g/mol. The number of nitro groups is 1. The molecule has 2 aromatic rings. The normalized spacial score (nSPS) is 10.4. The number of amides is 1. The largest absolute Gasteiger partial charge is 0.497 e. The van der Waals surface area contributed by atoms with E-state index in [-0.39, 0.29) is 11.6 Å². The number of aryl methyl sites for hydroxylation is 1. The molecule has 0 atom stereocenters. The number of methoxy groups -OCH3 is 1. The first kappa shape index (κ1) is 16.5. The lowest BCUT2D eigenvalue weighted by atomic mass is 10.2. The third-order valence-corrected chi connectivity index (χ3v) is 3.47. The number of carbonyl (C=O) groups is 1. The minimum atomic E-state index is -0.441. The predicted molar refractivity (Wildman–Crippen MR) is 83.7 cm³/mol. The highest BCUT2D eigenvalue weighted by atomic mass is 16.6. The van der Waals surface area contributed by atoms with E-state index in [0.29, 0.717) is 35.8 Å². The van der Waals surface area contributed by atoms with Crippen molar-refractivity contribution in [3.63, 3.8) is 0 Å². The lowest BCUT2D eigenvalue weighted by molar-refractivity contribution is -0.386. The number of aromatic nitrogens is 2. The van der Waals surface area contributed by atoms with E-state index in [1.54, 1.807) is 38.1 Å². The van der Waals surface area contributed by atoms with E-state index >= 15 is 0 Å². The van der Waals surface area contributed by atoms with Crippen molar-refractivity contribution in [2.75, 3.05) is 13.7 Å². The predicted octanol–water partition coefficient (Wildman–Crippen LogP) is 1.85. The molecule has 0 fully saturated rings. The summed E-state index contributed by atoms with van der Waals surface area (Å²) in [6.45, 7) is 3.91. The van der Waals surface area contributed by atoms with Gasteiger partial charge in [-0.3, -0.25) is 19.6 Å². The second kappa shape index (κ2) is 6.91. The fourth-order valence-corrected chi connectivity index (χ4v) is 2.31. The van der Waals surface area contributed by atoms with Gasteiger partial charge in [0, 0.05) is 12.1 Å². The molecular weight excluding hydrogens is 300 g/mol. The van der Waals surface area contributed by atoms with Crippen LogP contribution >= 0.6 is 0 Å². The van der Waals surface area contributed by atoms with Gasteiger partial charge in [-0.15, -0.1) is 0 Å². The highest BCUT2D eigenvalue weighted by molar-refractivity contribution is 5.94. The molecule has 0 aliphatic heterocycles. The fourth-order valence-electron chi connectivity index (χ4n) is 2.31. The number of benzene rings is 1. The minimum absolute atomic E-state index is 0.0177. The molecule has 0 aliphatic rings. The molecule has 0 spiro atoms. The fraction of sp³-hybridized carbons (Fsp3) is 0.333. The molecule has 0 radical (unpaired) electrons. The van der Waals surface area contributed by atoms with Crippen LogP contribution < -0.4 is 10.1 Å². The van der Waals surface area contributed by atoms with Crippen molar-refractivity contribution in [1.29, 1.82) is 0 Å². The molecule has 0 bridgehead atoms. The molecule has 0 saturated heterocycles. The first-order chi connectivity index (χ1) is 10.9. The number of ether oxygens (including phenoxy) is 1. The van der Waals surface area contributed by atoms with Crippen LogP contribution in [0.2, 0.25) is 0 Å². The van der Waals surface area contributed by atoms with Crippen molar-refractivity contribution in [3.8, 4) is 5.75 Å². The molecule has 0 unspecified atom stereocenters. The molecule has 1 aromatic carbocycles. The first-order valence-corrected chi connectivity index (χ1v) is 7.04. The van der Waals surface area contributed by atoms with Gasteiger partial charge in [-0.25, -0.2) is 0 Å². The van der Waals surface area contributed by atoms with Gasteiger partial charge in [0.2, 0.25) is 0 Å². The molecule has 1 heterocycles. The van der Waals surface area contributed by atoms with Crippen LogP contribution in [0.3, 0.4) is 0 Å². The Morgan fingerprint density at radius 1 is 1.43 bits per heavy atom. The van der Waals surface area contributed by atoms with Gasteiger partial charge >= 0.3 is 5.69 Å². The van der Waals surface area contributed by atoms with Gasteiger partial charge in [-0.05, 0) is 32.0 Å². The van der Waals surface area contributed by atoms with E-state index in [1.165, 1.54) is 11.8 Å². The van der Waals surface area contributed by atoms with Crippen molar-refractivity contribution in [3.05, 3.63) is 51.3 Å². The standard InChI is InChI=1S/C15H18N4O4/c1-10-14(19(21)22)11(2)18(17-10)8-7-16-15(20)12-5-4-6-13(9-12)23-3/h4-6,9H,7-8H2,1-3H3,(H,16,20). The molecule has 23 heavy (non-hydrogen) atoms. The van der Waals surface area contributed by atoms with Gasteiger partial charge in [-0.1, -0.05) is 6.07 Å². The van der Waals surface area contributed by atoms with E-state index < -0.39 is 4.92 Å². The highest BCUT2D eigenvalue weighted by Crippen LogP contribution is 2.21. The van der Waals surface area contributed by atoms with Crippen LogP contribution in [-0.4, -0.2) is 34.3 Å². The molecule has 1 aromatic heterocycles. The molecule has 0 aliphatic carbocycles. The quantitative estimate of drug-likeness (QED) is 0.647. The van der Waals surface area contributed by atoms with Crippen LogP contribution in [0.15, 0.2) is 24.3 Å². The Morgan fingerprint density at radius 2 is 2.17 bits per heavy atom. The third-order valence-electron chi connectivity index (χ3n) is 3.47. The number of rotatable bonds is 6. The molecule has 0 saturated carbocycles. The van der Waals surface area contributed by atoms with Crippen molar-refractivity contribution >= 4 is 11.6 Å². The summed E-state index contributed by atoms with van der Waals surface area (Å²) in [5.74, 6) is 0.367. The van der Waals surface area contributed by atoms with E-state index in [4.69, 9.17) is 4.74 Å². The zero-order chi connectivity index (χ0) is 17.0. The molecule has 2 rings (SSSR count). The Hall–Kier alpha value is -2.90. The number of hydrogen-bond donors (Lipinski definition) is 1. The summed E-state index contributed by atoms with van der Waals surface area (Å²) in [6.07, 6.45) is 0. The van der Waals surface area contributed by atoms with Crippen LogP contribution in [-0.2, 0) is 6.54 Å². The van der Waals surface area contributed by atoms with E-state index in [0.717, 1.165) is 0 Å². The summed E-state index contributed by atoms with van der Waals surface area (Å²) >= 11 is 0. The summed E-state index contributed by atoms with van der Waals surface area (Å²) < 4.78 is 6.60. The van der Waals surface area contributed by atoms with Crippen LogP contribution in [0.25, 0.3) is 0 Å². The molecule has 8 nitrogen and oxygen atoms in total. The van der Waals surface area contributed by atoms with Gasteiger partial charge in [0.25, 0.3) is 5.91 Å². The third kappa shape index (κ3) is 3.65. The Morgan fingerprint density at radius 3 is 2.78 bits per heavy atom. The molecule has 1 N–H and O–H groups in total. The number of nitrogens with one attached hydrogen (secondary N) is 1. The van der Waals surface area contributed by atoms with Crippen molar-refractivity contribution in [1.82, 2.24) is 15.1 Å². The average Bonchev–Trinajstić information content (AvgIpc) is 2.81. The lowest BCUT2D eigenvalue weighted by Gasteiger charge is -2.07. The minimum Gasteiger partial charge on any atom is -0.497 e. The second-order valence-corrected chi connectivity index (χ2v) is 4.99. The number of hydrogen-bond acceptors (Lipinski definition) is 5. The second-order valence-electron chi connectivity index (χ2n) is 4.99. The van der Waals surface area contributed by atoms with Crippen LogP contribution in [0.4, 0.5) is 5.69 Å². The van der Waals surface area contributed by atoms with E-state index in [1.807, 2.05) is 0 Å². The van der Waals surface area contributed by atoms with E-state index in [2.05, 4.69) is 10.4 Å². The Balaban J connectivity index is 1.98. The zero-order valence-electron chi connectivity index (χ0n) is 13.2. The summed E-state index contributed by atoms with van der Waals surface area (Å²) in [7, 11) is 1.53. The van der Waals surface area contributed by atoms with Crippen molar-refractivity contribution in [2.45, 2.75) is 20.4 Å². The van der Waals surface area contributed by atoms with Gasteiger partial charge in [0.05, 0.1) is 18.6 Å². The summed E-state index contributed by atoms with van der Waals surface area (Å²) in [5, 5.41) is 17.8. The van der Waals surface area contributed by atoms with Crippen LogP contribution in [0.5, 0.6) is 5.75 Å². The van der Waals surface area contributed by atoms with Crippen molar-refractivity contribution < 1.29 is 14.5 Å². The highest BCUT2D eigenvalue weighted by Gasteiger charge is 2.21. The smallest absolute Gasteiger partial charge is 0.312 e. The van der Waals surface area contributed by atoms with Gasteiger partial charge in [0.1, 0.15) is 17.1 Å². The van der Waals surface area contributed by atoms with Gasteiger partial charge in [0.15, 0.2) is 0 Å². The van der Waals surface area contributed by atoms with Crippen molar-refractivity contribution in [2.24, 2.45) is 0 Å². The maximum atomic E-state index is 12.1. The Kier molecular flexibility index (Phi) is 4.95. The first-order valence-electron chi connectivity index (χ1n) is 7.04. The SMILES string of the molecule is COc1cccc(C(=O)NCCn2nc(C)c([N+](=O)[O-])c2C)c1. The molecule has 122 valence electrons. The summed E-state index contributed by atoms with van der Waals surface area (Å²) in [5.41, 5.74) is 1.35. The number of carbonyl (C=O) groups excluding carboxylic acids is 1. The summed E-state index contributed by atoms with van der Waals surface area (Å²) in [6, 6.07) is 6.82. The van der Waals surface area contributed by atoms with Crippen LogP contribution in [0, 0.1) is 24.0 Å².